The van der Waals surface area contributed by atoms with Crippen LogP contribution in [0, 0.1) is 11.8 Å². The second kappa shape index (κ2) is 9.13. The average Bonchev–Trinajstić information content (AvgIpc) is 2.92. The fraction of sp³-hybridized carbons (Fsp3) is 0.571. The molecule has 0 spiro atoms. The summed E-state index contributed by atoms with van der Waals surface area (Å²) in [5.74, 6) is -1.86. The number of carbonyl (C=O) groups excluding carboxylic acids is 3. The van der Waals surface area contributed by atoms with E-state index in [1.807, 2.05) is 19.9 Å². The van der Waals surface area contributed by atoms with Gasteiger partial charge in [-0.2, -0.15) is 0 Å². The van der Waals surface area contributed by atoms with Crippen molar-refractivity contribution < 1.29 is 28.6 Å². The van der Waals surface area contributed by atoms with Crippen LogP contribution in [0.3, 0.4) is 0 Å². The maximum Gasteiger partial charge on any atom is 0.334 e. The lowest BCUT2D eigenvalue weighted by Crippen LogP contribution is -2.44. The molecule has 2 rings (SSSR count). The summed E-state index contributed by atoms with van der Waals surface area (Å²) in [4.78, 5) is 36.4. The third-order valence-corrected chi connectivity index (χ3v) is 5.27. The molecule has 6 nitrogen and oxygen atoms in total. The summed E-state index contributed by atoms with van der Waals surface area (Å²) in [6.45, 7) is 9.46. The summed E-state index contributed by atoms with van der Waals surface area (Å²) in [7, 11) is 1.45. The minimum Gasteiger partial charge on any atom is -0.458 e. The van der Waals surface area contributed by atoms with Crippen molar-refractivity contribution in [3.63, 3.8) is 0 Å². The number of allylic oxidation sites excluding steroid dienone is 2. The van der Waals surface area contributed by atoms with E-state index in [4.69, 9.17) is 14.2 Å². The lowest BCUT2D eigenvalue weighted by Gasteiger charge is -2.33. The van der Waals surface area contributed by atoms with Gasteiger partial charge in [-0.05, 0) is 32.3 Å². The average molecular weight is 376 g/mol. The molecule has 0 amide bonds. The second-order valence-electron chi connectivity index (χ2n) is 7.16. The number of fused-ring (bicyclic) bond motifs is 1. The van der Waals surface area contributed by atoms with E-state index in [0.717, 1.165) is 12.0 Å². The summed E-state index contributed by atoms with van der Waals surface area (Å²) in [5.41, 5.74) is 1.63. The molecule has 0 aromatic heterocycles. The number of methoxy groups -OCH3 is 1. The Morgan fingerprint density at radius 3 is 2.78 bits per heavy atom. The van der Waals surface area contributed by atoms with Gasteiger partial charge in [0.1, 0.15) is 24.6 Å². The van der Waals surface area contributed by atoms with Gasteiger partial charge in [-0.3, -0.25) is 9.59 Å². The number of carbonyl (C=O) groups is 3. The van der Waals surface area contributed by atoms with Gasteiger partial charge in [-0.15, -0.1) is 0 Å². The minimum absolute atomic E-state index is 0.221. The lowest BCUT2D eigenvalue weighted by molar-refractivity contribution is -0.164. The van der Waals surface area contributed by atoms with Gasteiger partial charge in [0.25, 0.3) is 0 Å². The molecule has 1 aliphatic heterocycles. The third kappa shape index (κ3) is 4.56. The third-order valence-electron chi connectivity index (χ3n) is 5.27. The van der Waals surface area contributed by atoms with Gasteiger partial charge in [-0.25, -0.2) is 4.79 Å². The van der Waals surface area contributed by atoms with E-state index >= 15 is 0 Å². The molecule has 1 aliphatic carbocycles. The molecule has 6 heteroatoms. The van der Waals surface area contributed by atoms with E-state index in [9.17, 15) is 14.4 Å². The standard InChI is InChI=1S/C21H28O6/c1-6-13(3)20(23)27-19-17-14(4)21(24)26-16(17)10-12(2)8-7-9-15(11-22)18(19)25-5/h9-11,13,16-19H,4,6-8H2,1-3,5H3. The molecular weight excluding hydrogens is 348 g/mol. The Balaban J connectivity index is 2.54. The minimum atomic E-state index is -0.890. The van der Waals surface area contributed by atoms with Crippen molar-refractivity contribution in [2.24, 2.45) is 11.8 Å². The van der Waals surface area contributed by atoms with Crippen molar-refractivity contribution in [3.8, 4) is 0 Å². The maximum atomic E-state index is 12.5. The van der Waals surface area contributed by atoms with Crippen LogP contribution in [0.15, 0.2) is 35.5 Å². The molecule has 0 radical (unpaired) electrons. The van der Waals surface area contributed by atoms with Crippen LogP contribution >= 0.6 is 0 Å². The van der Waals surface area contributed by atoms with Crippen LogP contribution < -0.4 is 0 Å². The van der Waals surface area contributed by atoms with Crippen molar-refractivity contribution in [3.05, 3.63) is 35.5 Å². The van der Waals surface area contributed by atoms with Gasteiger partial charge in [0.2, 0.25) is 0 Å². The largest absolute Gasteiger partial charge is 0.458 e. The molecule has 0 aromatic carbocycles. The molecule has 1 saturated heterocycles. The molecule has 1 heterocycles. The number of esters is 2. The quantitative estimate of drug-likeness (QED) is 0.318. The first-order valence-electron chi connectivity index (χ1n) is 9.29. The SMILES string of the molecule is C=C1C(=O)OC2C=C(C)CCC=C(C=O)C(OC)C(OC(=O)C(C)CC)C12. The molecule has 148 valence electrons. The normalized spacial score (nSPS) is 29.8. The Labute approximate surface area is 160 Å². The first-order valence-corrected chi connectivity index (χ1v) is 9.29. The van der Waals surface area contributed by atoms with E-state index in [1.165, 1.54) is 7.11 Å². The zero-order valence-electron chi connectivity index (χ0n) is 16.4. The summed E-state index contributed by atoms with van der Waals surface area (Å²) >= 11 is 0. The van der Waals surface area contributed by atoms with Gasteiger partial charge in [0.15, 0.2) is 0 Å². The smallest absolute Gasteiger partial charge is 0.334 e. The summed E-state index contributed by atoms with van der Waals surface area (Å²) in [6, 6.07) is 0. The van der Waals surface area contributed by atoms with Crippen LogP contribution in [0.4, 0.5) is 0 Å². The topological polar surface area (TPSA) is 78.9 Å². The molecule has 27 heavy (non-hydrogen) atoms. The molecule has 5 atom stereocenters. The van der Waals surface area contributed by atoms with Crippen LogP contribution in [0.1, 0.15) is 40.0 Å². The molecule has 1 fully saturated rings. The highest BCUT2D eigenvalue weighted by atomic mass is 16.6. The van der Waals surface area contributed by atoms with E-state index in [0.29, 0.717) is 24.7 Å². The Bertz CT molecular complexity index is 674. The van der Waals surface area contributed by atoms with Crippen LogP contribution in [0.2, 0.25) is 0 Å². The Hall–Kier alpha value is -2.21. The van der Waals surface area contributed by atoms with Crippen LogP contribution in [-0.2, 0) is 28.6 Å². The zero-order chi connectivity index (χ0) is 20.1. The van der Waals surface area contributed by atoms with E-state index < -0.39 is 36.2 Å². The molecular formula is C21H28O6. The zero-order valence-corrected chi connectivity index (χ0v) is 16.4. The Morgan fingerprint density at radius 2 is 2.19 bits per heavy atom. The van der Waals surface area contributed by atoms with Gasteiger partial charge >= 0.3 is 11.9 Å². The van der Waals surface area contributed by atoms with Crippen molar-refractivity contribution in [1.82, 2.24) is 0 Å². The highest BCUT2D eigenvalue weighted by Gasteiger charge is 2.48. The Morgan fingerprint density at radius 1 is 1.48 bits per heavy atom. The lowest BCUT2D eigenvalue weighted by atomic mass is 9.83. The highest BCUT2D eigenvalue weighted by molar-refractivity contribution is 5.91. The summed E-state index contributed by atoms with van der Waals surface area (Å²) < 4.78 is 16.8. The van der Waals surface area contributed by atoms with E-state index in [1.54, 1.807) is 13.0 Å². The first kappa shape index (κ1) is 21.1. The predicted molar refractivity (Wildman–Crippen MR) is 99.8 cm³/mol. The number of rotatable bonds is 5. The fourth-order valence-electron chi connectivity index (χ4n) is 3.39. The van der Waals surface area contributed by atoms with Gasteiger partial charge < -0.3 is 14.2 Å². The molecule has 5 unspecified atom stereocenters. The number of hydrogen-bond acceptors (Lipinski definition) is 6. The van der Waals surface area contributed by atoms with Crippen LogP contribution in [0.25, 0.3) is 0 Å². The van der Waals surface area contributed by atoms with Crippen molar-refractivity contribution in [1.29, 1.82) is 0 Å². The molecule has 0 saturated carbocycles. The van der Waals surface area contributed by atoms with Gasteiger partial charge in [0, 0.05) is 18.3 Å². The predicted octanol–water partition coefficient (Wildman–Crippen LogP) is 2.92. The monoisotopic (exact) mass is 376 g/mol. The molecule has 0 aromatic rings. The molecule has 0 N–H and O–H groups in total. The first-order chi connectivity index (χ1) is 12.8. The fourth-order valence-corrected chi connectivity index (χ4v) is 3.39. The van der Waals surface area contributed by atoms with E-state index in [2.05, 4.69) is 6.58 Å². The van der Waals surface area contributed by atoms with Gasteiger partial charge in [0.05, 0.1) is 11.8 Å². The number of ether oxygens (including phenoxy) is 3. The maximum absolute atomic E-state index is 12.5. The van der Waals surface area contributed by atoms with Crippen molar-refractivity contribution in [2.75, 3.05) is 7.11 Å². The van der Waals surface area contributed by atoms with Gasteiger partial charge in [-0.1, -0.05) is 32.1 Å². The van der Waals surface area contributed by atoms with Crippen LogP contribution in [-0.4, -0.2) is 43.6 Å². The number of aldehydes is 1. The second-order valence-corrected chi connectivity index (χ2v) is 7.16. The molecule has 2 aliphatic rings. The Kier molecular flexibility index (Phi) is 7.13. The van der Waals surface area contributed by atoms with Crippen molar-refractivity contribution in [2.45, 2.75) is 58.3 Å². The van der Waals surface area contributed by atoms with Crippen LogP contribution in [0.5, 0.6) is 0 Å². The summed E-state index contributed by atoms with van der Waals surface area (Å²) in [5, 5.41) is 0. The van der Waals surface area contributed by atoms with Crippen molar-refractivity contribution >= 4 is 18.2 Å². The molecule has 0 bridgehead atoms. The van der Waals surface area contributed by atoms with E-state index in [-0.39, 0.29) is 11.5 Å². The summed E-state index contributed by atoms with van der Waals surface area (Å²) in [6.07, 6.45) is 4.05. The highest BCUT2D eigenvalue weighted by Crippen LogP contribution is 2.37. The number of hydrogen-bond donors (Lipinski definition) is 0.